The lowest BCUT2D eigenvalue weighted by Crippen LogP contribution is -2.35. The molecule has 0 unspecified atom stereocenters. The number of nitrogens with two attached hydrogens (primary N) is 1. The number of rotatable bonds is 5. The van der Waals surface area contributed by atoms with E-state index in [2.05, 4.69) is 25.5 Å². The van der Waals surface area contributed by atoms with Crippen LogP contribution in [0.5, 0.6) is 11.5 Å². The summed E-state index contributed by atoms with van der Waals surface area (Å²) >= 11 is 0. The molecule has 34 heavy (non-hydrogen) atoms. The molecular formula is C25H26N6O3. The highest BCUT2D eigenvalue weighted by molar-refractivity contribution is 6.05. The summed E-state index contributed by atoms with van der Waals surface area (Å²) in [5.74, 6) is 1.01. The van der Waals surface area contributed by atoms with Crippen molar-refractivity contribution in [1.29, 1.82) is 0 Å². The number of benzene rings is 2. The van der Waals surface area contributed by atoms with E-state index in [-0.39, 0.29) is 24.1 Å². The number of carbonyl (C=O) groups excluding carboxylic acids is 2. The smallest absolute Gasteiger partial charge is 0.232 e. The molecule has 2 aliphatic heterocycles. The van der Waals surface area contributed by atoms with E-state index in [4.69, 9.17) is 10.5 Å². The van der Waals surface area contributed by atoms with Crippen molar-refractivity contribution in [3.05, 3.63) is 60.2 Å². The Labute approximate surface area is 197 Å². The minimum Gasteiger partial charge on any atom is -0.457 e. The first-order valence-corrected chi connectivity index (χ1v) is 11.4. The molecule has 3 aromatic rings. The second kappa shape index (κ2) is 9.38. The number of aromatic nitrogens is 2. The van der Waals surface area contributed by atoms with Crippen LogP contribution in [0.3, 0.4) is 0 Å². The Morgan fingerprint density at radius 2 is 1.71 bits per heavy atom. The van der Waals surface area contributed by atoms with Gasteiger partial charge in [-0.2, -0.15) is 9.97 Å². The molecule has 9 heteroatoms. The summed E-state index contributed by atoms with van der Waals surface area (Å²) in [4.78, 5) is 36.6. The van der Waals surface area contributed by atoms with Gasteiger partial charge < -0.3 is 26.0 Å². The van der Waals surface area contributed by atoms with Crippen molar-refractivity contribution in [2.75, 3.05) is 34.4 Å². The molecule has 0 aliphatic carbocycles. The summed E-state index contributed by atoms with van der Waals surface area (Å²) < 4.78 is 5.79. The number of hydrogen-bond donors (Lipinski definition) is 3. The van der Waals surface area contributed by atoms with Crippen molar-refractivity contribution in [2.24, 2.45) is 0 Å². The monoisotopic (exact) mass is 458 g/mol. The van der Waals surface area contributed by atoms with Crippen LogP contribution in [0.4, 0.5) is 23.3 Å². The average Bonchev–Trinajstić information content (AvgIpc) is 2.85. The van der Waals surface area contributed by atoms with E-state index >= 15 is 0 Å². The predicted octanol–water partition coefficient (Wildman–Crippen LogP) is 3.91. The second-order valence-electron chi connectivity index (χ2n) is 8.45. The van der Waals surface area contributed by atoms with E-state index in [0.717, 1.165) is 31.7 Å². The number of fused-ring (bicyclic) bond motifs is 1. The van der Waals surface area contributed by atoms with Crippen molar-refractivity contribution >= 4 is 35.1 Å². The number of carbonyl (C=O) groups is 2. The zero-order valence-corrected chi connectivity index (χ0v) is 18.7. The van der Waals surface area contributed by atoms with Gasteiger partial charge in [-0.15, -0.1) is 0 Å². The number of amides is 2. The maximum absolute atomic E-state index is 13.1. The minimum absolute atomic E-state index is 0.0232. The van der Waals surface area contributed by atoms with Gasteiger partial charge in [-0.25, -0.2) is 0 Å². The van der Waals surface area contributed by atoms with Crippen molar-refractivity contribution in [3.8, 4) is 11.5 Å². The summed E-state index contributed by atoms with van der Waals surface area (Å²) in [6, 6.07) is 16.5. The molecule has 1 fully saturated rings. The van der Waals surface area contributed by atoms with E-state index in [1.165, 1.54) is 6.42 Å². The van der Waals surface area contributed by atoms with E-state index in [1.54, 1.807) is 24.3 Å². The van der Waals surface area contributed by atoms with Gasteiger partial charge in [0.2, 0.25) is 17.8 Å². The molecule has 0 saturated carbocycles. The summed E-state index contributed by atoms with van der Waals surface area (Å²) in [5, 5.41) is 5.64. The molecule has 1 atom stereocenters. The molecule has 2 aliphatic rings. The van der Waals surface area contributed by atoms with Gasteiger partial charge in [-0.3, -0.25) is 9.59 Å². The third kappa shape index (κ3) is 4.63. The van der Waals surface area contributed by atoms with Gasteiger partial charge >= 0.3 is 0 Å². The largest absolute Gasteiger partial charge is 0.457 e. The van der Waals surface area contributed by atoms with Gasteiger partial charge in [0, 0.05) is 25.2 Å². The fourth-order valence-corrected chi connectivity index (χ4v) is 4.30. The first-order chi connectivity index (χ1) is 16.6. The quantitative estimate of drug-likeness (QED) is 0.530. The highest BCUT2D eigenvalue weighted by atomic mass is 16.5. The third-order valence-corrected chi connectivity index (χ3v) is 6.02. The maximum Gasteiger partial charge on any atom is 0.232 e. The molecule has 5 rings (SSSR count). The van der Waals surface area contributed by atoms with E-state index < -0.39 is 5.92 Å². The highest BCUT2D eigenvalue weighted by Gasteiger charge is 2.35. The first-order valence-electron chi connectivity index (χ1n) is 11.4. The normalized spacial score (nSPS) is 17.5. The van der Waals surface area contributed by atoms with Crippen molar-refractivity contribution in [2.45, 2.75) is 31.6 Å². The Kier molecular flexibility index (Phi) is 5.99. The molecular weight excluding hydrogens is 432 g/mol. The molecule has 2 amide bonds. The number of nitrogens with zero attached hydrogens (tertiary/aromatic N) is 3. The number of para-hydroxylation sites is 1. The molecule has 3 heterocycles. The lowest BCUT2D eigenvalue weighted by Gasteiger charge is -2.30. The van der Waals surface area contributed by atoms with Crippen LogP contribution >= 0.6 is 0 Å². The molecule has 9 nitrogen and oxygen atoms in total. The Morgan fingerprint density at radius 3 is 2.44 bits per heavy atom. The number of nitrogen functional groups attached to an aromatic ring is 1. The predicted molar refractivity (Wildman–Crippen MR) is 130 cm³/mol. The summed E-state index contributed by atoms with van der Waals surface area (Å²) in [6.07, 6.45) is 3.28. The highest BCUT2D eigenvalue weighted by Crippen LogP contribution is 2.37. The van der Waals surface area contributed by atoms with E-state index in [0.29, 0.717) is 28.8 Å². The maximum atomic E-state index is 13.1. The Balaban J connectivity index is 1.33. The Morgan fingerprint density at radius 1 is 1.00 bits per heavy atom. The summed E-state index contributed by atoms with van der Waals surface area (Å²) in [5.41, 5.74) is 7.33. The van der Waals surface area contributed by atoms with E-state index in [1.807, 2.05) is 30.3 Å². The van der Waals surface area contributed by atoms with Gasteiger partial charge in [-0.05, 0) is 55.7 Å². The summed E-state index contributed by atoms with van der Waals surface area (Å²) in [7, 11) is 0. The number of ether oxygens (including phenoxy) is 1. The van der Waals surface area contributed by atoms with Crippen LogP contribution in [-0.4, -0.2) is 34.9 Å². The Bertz CT molecular complexity index is 1190. The molecule has 174 valence electrons. The van der Waals surface area contributed by atoms with Crippen molar-refractivity contribution < 1.29 is 14.3 Å². The van der Waals surface area contributed by atoms with Crippen LogP contribution in [0, 0.1) is 0 Å². The van der Waals surface area contributed by atoms with Crippen molar-refractivity contribution in [3.63, 3.8) is 0 Å². The fourth-order valence-electron chi connectivity index (χ4n) is 4.30. The second-order valence-corrected chi connectivity index (χ2v) is 8.45. The van der Waals surface area contributed by atoms with Crippen LogP contribution in [0.2, 0.25) is 0 Å². The van der Waals surface area contributed by atoms with Gasteiger partial charge in [0.15, 0.2) is 0 Å². The third-order valence-electron chi connectivity index (χ3n) is 6.02. The molecule has 4 N–H and O–H groups in total. The van der Waals surface area contributed by atoms with Crippen LogP contribution in [0.25, 0.3) is 0 Å². The molecule has 0 radical (unpaired) electrons. The van der Waals surface area contributed by atoms with Crippen LogP contribution in [0.15, 0.2) is 54.6 Å². The summed E-state index contributed by atoms with van der Waals surface area (Å²) in [6.45, 7) is 1.69. The van der Waals surface area contributed by atoms with Crippen molar-refractivity contribution in [1.82, 2.24) is 9.97 Å². The zero-order chi connectivity index (χ0) is 23.5. The lowest BCUT2D eigenvalue weighted by molar-refractivity contribution is -0.123. The SMILES string of the molecule is Nc1nc(N2CCCCC2)nc2c1[C@H](C(=O)Nc1ccc(Oc3ccccc3)cc1)CC(=O)N2. The molecule has 2 aromatic carbocycles. The Hall–Kier alpha value is -4.14. The van der Waals surface area contributed by atoms with Gasteiger partial charge in [0.1, 0.15) is 23.1 Å². The molecule has 0 spiro atoms. The number of nitrogens with one attached hydrogen (secondary N) is 2. The zero-order valence-electron chi connectivity index (χ0n) is 18.7. The van der Waals surface area contributed by atoms with Crippen LogP contribution in [0.1, 0.15) is 37.2 Å². The standard InChI is InChI=1S/C25H26N6O3/c26-22-21-19(15-20(32)28-23(21)30-25(29-22)31-13-5-2-6-14-31)24(33)27-16-9-11-18(12-10-16)34-17-7-3-1-4-8-17/h1,3-4,7-12,19H,2,5-6,13-15H2,(H,27,33)(H3,26,28,29,30,32)/t19-/m1/s1. The van der Waals surface area contributed by atoms with Gasteiger partial charge in [0.25, 0.3) is 0 Å². The number of hydrogen-bond acceptors (Lipinski definition) is 7. The minimum atomic E-state index is -0.778. The van der Waals surface area contributed by atoms with Gasteiger partial charge in [-0.1, -0.05) is 18.2 Å². The van der Waals surface area contributed by atoms with E-state index in [9.17, 15) is 9.59 Å². The average molecular weight is 459 g/mol. The number of anilines is 4. The fraction of sp³-hybridized carbons (Fsp3) is 0.280. The van der Waals surface area contributed by atoms with Gasteiger partial charge in [0.05, 0.1) is 11.5 Å². The van der Waals surface area contributed by atoms with Crippen LogP contribution < -0.4 is 26.0 Å². The first kappa shape index (κ1) is 21.7. The van der Waals surface area contributed by atoms with Crippen LogP contribution in [-0.2, 0) is 9.59 Å². The number of piperidine rings is 1. The molecule has 1 saturated heterocycles. The lowest BCUT2D eigenvalue weighted by atomic mass is 9.92. The topological polar surface area (TPSA) is 122 Å². The molecule has 0 bridgehead atoms. The molecule has 1 aromatic heterocycles.